The molecular formula is C12H14FNO4S2. The zero-order valence-corrected chi connectivity index (χ0v) is 12.1. The summed E-state index contributed by atoms with van der Waals surface area (Å²) in [6, 6.07) is 2.64. The first-order valence-electron chi connectivity index (χ1n) is 5.59. The second-order valence-electron chi connectivity index (χ2n) is 3.71. The maximum absolute atomic E-state index is 13.5. The van der Waals surface area contributed by atoms with Crippen LogP contribution in [0.1, 0.15) is 10.4 Å². The Balaban J connectivity index is 2.83. The molecule has 110 valence electrons. The highest BCUT2D eigenvalue weighted by Crippen LogP contribution is 2.16. The van der Waals surface area contributed by atoms with Crippen LogP contribution in [0.25, 0.3) is 0 Å². The average Bonchev–Trinajstić information content (AvgIpc) is 2.38. The summed E-state index contributed by atoms with van der Waals surface area (Å²) in [7, 11) is -4.06. The minimum absolute atomic E-state index is 0.123. The number of aromatic carboxylic acids is 1. The van der Waals surface area contributed by atoms with E-state index < -0.39 is 26.7 Å². The number of thioether (sulfide) groups is 1. The number of rotatable bonds is 8. The van der Waals surface area contributed by atoms with Gasteiger partial charge in [-0.3, -0.25) is 0 Å². The Morgan fingerprint density at radius 2 is 2.20 bits per heavy atom. The van der Waals surface area contributed by atoms with Gasteiger partial charge < -0.3 is 5.11 Å². The zero-order valence-electron chi connectivity index (χ0n) is 10.5. The van der Waals surface area contributed by atoms with E-state index in [1.807, 2.05) is 0 Å². The number of carboxylic acid groups (broad SMARTS) is 1. The Morgan fingerprint density at radius 3 is 2.80 bits per heavy atom. The van der Waals surface area contributed by atoms with Crippen molar-refractivity contribution in [2.75, 3.05) is 18.1 Å². The predicted molar refractivity (Wildman–Crippen MR) is 76.1 cm³/mol. The van der Waals surface area contributed by atoms with Crippen molar-refractivity contribution in [2.24, 2.45) is 0 Å². The average molecular weight is 319 g/mol. The van der Waals surface area contributed by atoms with E-state index in [2.05, 4.69) is 11.3 Å². The fraction of sp³-hybridized carbons (Fsp3) is 0.250. The summed E-state index contributed by atoms with van der Waals surface area (Å²) in [4.78, 5) is 10.1. The molecule has 20 heavy (non-hydrogen) atoms. The summed E-state index contributed by atoms with van der Waals surface area (Å²) in [5, 5.41) is 8.79. The van der Waals surface area contributed by atoms with Gasteiger partial charge in [0.15, 0.2) is 0 Å². The fourth-order valence-corrected chi connectivity index (χ4v) is 3.18. The Hall–Kier alpha value is -1.38. The van der Waals surface area contributed by atoms with Crippen LogP contribution in [0.2, 0.25) is 0 Å². The number of sulfonamides is 1. The number of hydrogen-bond acceptors (Lipinski definition) is 4. The summed E-state index contributed by atoms with van der Waals surface area (Å²) in [6.45, 7) is 3.65. The zero-order chi connectivity index (χ0) is 15.2. The summed E-state index contributed by atoms with van der Waals surface area (Å²) in [5.74, 6) is -1.11. The van der Waals surface area contributed by atoms with E-state index in [0.717, 1.165) is 18.2 Å². The topological polar surface area (TPSA) is 83.5 Å². The van der Waals surface area contributed by atoms with Crippen LogP contribution < -0.4 is 4.72 Å². The molecule has 1 aromatic rings. The lowest BCUT2D eigenvalue weighted by molar-refractivity contribution is 0.0696. The monoisotopic (exact) mass is 319 g/mol. The minimum atomic E-state index is -4.06. The van der Waals surface area contributed by atoms with E-state index in [0.29, 0.717) is 11.5 Å². The molecule has 0 bridgehead atoms. The van der Waals surface area contributed by atoms with Gasteiger partial charge in [-0.2, -0.15) is 11.8 Å². The van der Waals surface area contributed by atoms with Gasteiger partial charge in [-0.05, 0) is 18.2 Å². The number of halogens is 1. The van der Waals surface area contributed by atoms with Crippen LogP contribution >= 0.6 is 11.8 Å². The maximum Gasteiger partial charge on any atom is 0.335 e. The number of carboxylic acids is 1. The van der Waals surface area contributed by atoms with Crippen molar-refractivity contribution in [2.45, 2.75) is 4.90 Å². The number of nitrogens with one attached hydrogen (secondary N) is 1. The van der Waals surface area contributed by atoms with Gasteiger partial charge in [0.1, 0.15) is 10.7 Å². The van der Waals surface area contributed by atoms with Crippen LogP contribution in [0, 0.1) is 5.82 Å². The molecule has 0 unspecified atom stereocenters. The first-order valence-corrected chi connectivity index (χ1v) is 8.23. The van der Waals surface area contributed by atoms with E-state index in [9.17, 15) is 17.6 Å². The normalized spacial score (nSPS) is 11.2. The lowest BCUT2D eigenvalue weighted by Gasteiger charge is -2.08. The lowest BCUT2D eigenvalue weighted by atomic mass is 10.2. The third-order valence-corrected chi connectivity index (χ3v) is 4.68. The lowest BCUT2D eigenvalue weighted by Crippen LogP contribution is -2.27. The van der Waals surface area contributed by atoms with Gasteiger partial charge in [0.05, 0.1) is 5.56 Å². The van der Waals surface area contributed by atoms with Gasteiger partial charge in [0.25, 0.3) is 0 Å². The number of hydrogen-bond donors (Lipinski definition) is 2. The van der Waals surface area contributed by atoms with Gasteiger partial charge in [-0.1, -0.05) is 6.08 Å². The van der Waals surface area contributed by atoms with Crippen LogP contribution in [0.15, 0.2) is 35.7 Å². The van der Waals surface area contributed by atoms with Gasteiger partial charge in [0, 0.05) is 18.1 Å². The summed E-state index contributed by atoms with van der Waals surface area (Å²) in [6.07, 6.45) is 1.69. The van der Waals surface area contributed by atoms with Gasteiger partial charge in [-0.15, -0.1) is 6.58 Å². The Bertz CT molecular complexity index is 601. The molecule has 0 aromatic heterocycles. The predicted octanol–water partition coefficient (Wildman–Crippen LogP) is 1.72. The van der Waals surface area contributed by atoms with Crippen molar-refractivity contribution in [3.8, 4) is 0 Å². The first-order chi connectivity index (χ1) is 9.38. The van der Waals surface area contributed by atoms with Crippen LogP contribution in [-0.2, 0) is 10.0 Å². The van der Waals surface area contributed by atoms with Crippen LogP contribution in [0.3, 0.4) is 0 Å². The van der Waals surface area contributed by atoms with E-state index in [4.69, 9.17) is 5.11 Å². The van der Waals surface area contributed by atoms with Crippen LogP contribution in [-0.4, -0.2) is 37.5 Å². The fourth-order valence-electron chi connectivity index (χ4n) is 1.33. The Labute approximate surface area is 120 Å². The molecule has 0 radical (unpaired) electrons. The van der Waals surface area contributed by atoms with E-state index in [1.54, 1.807) is 6.08 Å². The van der Waals surface area contributed by atoms with Gasteiger partial charge in [-0.25, -0.2) is 22.3 Å². The highest BCUT2D eigenvalue weighted by Gasteiger charge is 2.20. The quantitative estimate of drug-likeness (QED) is 0.563. The minimum Gasteiger partial charge on any atom is -0.478 e. The van der Waals surface area contributed by atoms with E-state index in [1.165, 1.54) is 11.8 Å². The van der Waals surface area contributed by atoms with Crippen LogP contribution in [0.5, 0.6) is 0 Å². The summed E-state index contributed by atoms with van der Waals surface area (Å²) < 4.78 is 39.5. The molecule has 8 heteroatoms. The molecule has 0 aliphatic rings. The maximum atomic E-state index is 13.5. The molecule has 0 aliphatic carbocycles. The molecular weight excluding hydrogens is 305 g/mol. The standard InChI is InChI=1S/C12H14FNO4S2/c1-2-6-19-7-5-14-20(17,18)11-8-9(12(15)16)3-4-10(11)13/h2-4,8,14H,1,5-7H2,(H,15,16). The van der Waals surface area contributed by atoms with Gasteiger partial charge in [0.2, 0.25) is 10.0 Å². The van der Waals surface area contributed by atoms with E-state index >= 15 is 0 Å². The Kier molecular flexibility index (Phi) is 6.18. The smallest absolute Gasteiger partial charge is 0.335 e. The molecule has 2 N–H and O–H groups in total. The van der Waals surface area contributed by atoms with Crippen LogP contribution in [0.4, 0.5) is 4.39 Å². The molecule has 1 rings (SSSR count). The third kappa shape index (κ3) is 4.62. The largest absolute Gasteiger partial charge is 0.478 e. The molecule has 1 aromatic carbocycles. The van der Waals surface area contributed by atoms with Crippen molar-refractivity contribution in [1.29, 1.82) is 0 Å². The van der Waals surface area contributed by atoms with Crippen molar-refractivity contribution < 1.29 is 22.7 Å². The SMILES string of the molecule is C=CCSCCNS(=O)(=O)c1cc(C(=O)O)ccc1F. The first kappa shape index (κ1) is 16.7. The molecule has 0 saturated heterocycles. The summed E-state index contributed by atoms with van der Waals surface area (Å²) in [5.41, 5.74) is -0.284. The van der Waals surface area contributed by atoms with Crippen molar-refractivity contribution in [3.05, 3.63) is 42.2 Å². The summed E-state index contributed by atoms with van der Waals surface area (Å²) >= 11 is 1.47. The molecule has 5 nitrogen and oxygen atoms in total. The molecule has 0 amide bonds. The third-order valence-electron chi connectivity index (χ3n) is 2.24. The molecule has 0 heterocycles. The highest BCUT2D eigenvalue weighted by molar-refractivity contribution is 7.99. The molecule has 0 fully saturated rings. The van der Waals surface area contributed by atoms with Crippen molar-refractivity contribution >= 4 is 27.8 Å². The second-order valence-corrected chi connectivity index (χ2v) is 6.60. The second kappa shape index (κ2) is 7.41. The molecule has 0 spiro atoms. The van der Waals surface area contributed by atoms with Crippen molar-refractivity contribution in [1.82, 2.24) is 4.72 Å². The van der Waals surface area contributed by atoms with E-state index in [-0.39, 0.29) is 12.1 Å². The number of carbonyl (C=O) groups is 1. The van der Waals surface area contributed by atoms with Gasteiger partial charge >= 0.3 is 5.97 Å². The Morgan fingerprint density at radius 1 is 1.50 bits per heavy atom. The number of benzene rings is 1. The molecule has 0 saturated carbocycles. The highest BCUT2D eigenvalue weighted by atomic mass is 32.2. The molecule has 0 atom stereocenters. The molecule has 0 aliphatic heterocycles. The van der Waals surface area contributed by atoms with Crippen molar-refractivity contribution in [3.63, 3.8) is 0 Å².